The van der Waals surface area contributed by atoms with Gasteiger partial charge in [-0.2, -0.15) is 0 Å². The molecule has 0 saturated carbocycles. The van der Waals surface area contributed by atoms with Crippen molar-refractivity contribution in [3.8, 4) is 0 Å². The fourth-order valence-corrected chi connectivity index (χ4v) is 1.17. The molecule has 4 nitrogen and oxygen atoms in total. The predicted octanol–water partition coefficient (Wildman–Crippen LogP) is 1.18. The molecule has 4 heteroatoms. The number of hydrogen-bond donors (Lipinski definition) is 1. The van der Waals surface area contributed by atoms with Crippen molar-refractivity contribution < 1.29 is 9.59 Å². The molecule has 1 heterocycles. The second kappa shape index (κ2) is 5.90. The maximum Gasteiger partial charge on any atom is 0.216 e. The Hall–Kier alpha value is -1.71. The number of carbonyl (C=O) groups excluding carboxylic acids is 2. The molecule has 80 valence electrons. The third-order valence-electron chi connectivity index (χ3n) is 1.91. The highest BCUT2D eigenvalue weighted by molar-refractivity contribution is 5.94. The first-order chi connectivity index (χ1) is 7.20. The van der Waals surface area contributed by atoms with Crippen LogP contribution < -0.4 is 5.32 Å². The summed E-state index contributed by atoms with van der Waals surface area (Å²) in [5, 5.41) is 2.64. The summed E-state index contributed by atoms with van der Waals surface area (Å²) in [5.41, 5.74) is 0.486. The zero-order valence-corrected chi connectivity index (χ0v) is 8.69. The number of carbonyl (C=O) groups is 2. The summed E-state index contributed by atoms with van der Waals surface area (Å²) in [7, 11) is 0. The Morgan fingerprint density at radius 1 is 1.40 bits per heavy atom. The van der Waals surface area contributed by atoms with Gasteiger partial charge in [-0.25, -0.2) is 0 Å². The Morgan fingerprint density at radius 2 is 2.20 bits per heavy atom. The van der Waals surface area contributed by atoms with Gasteiger partial charge in [-0.15, -0.1) is 0 Å². The van der Waals surface area contributed by atoms with E-state index in [0.29, 0.717) is 25.1 Å². The largest absolute Gasteiger partial charge is 0.356 e. The molecule has 1 amide bonds. The lowest BCUT2D eigenvalue weighted by molar-refractivity contribution is -0.118. The van der Waals surface area contributed by atoms with Gasteiger partial charge in [0.1, 0.15) is 5.69 Å². The van der Waals surface area contributed by atoms with Gasteiger partial charge in [0.15, 0.2) is 5.78 Å². The van der Waals surface area contributed by atoms with Crippen LogP contribution in [0.25, 0.3) is 0 Å². The average Bonchev–Trinajstić information content (AvgIpc) is 2.25. The number of nitrogens with zero attached hydrogens (tertiary/aromatic N) is 1. The van der Waals surface area contributed by atoms with Gasteiger partial charge in [0, 0.05) is 26.1 Å². The van der Waals surface area contributed by atoms with E-state index in [9.17, 15) is 9.59 Å². The minimum atomic E-state index is -0.0692. The number of pyridine rings is 1. The third kappa shape index (κ3) is 4.35. The molecule has 1 N–H and O–H groups in total. The van der Waals surface area contributed by atoms with Gasteiger partial charge in [0.05, 0.1) is 0 Å². The van der Waals surface area contributed by atoms with Crippen LogP contribution >= 0.6 is 0 Å². The average molecular weight is 206 g/mol. The van der Waals surface area contributed by atoms with Gasteiger partial charge in [-0.05, 0) is 18.6 Å². The third-order valence-corrected chi connectivity index (χ3v) is 1.91. The second-order valence-electron chi connectivity index (χ2n) is 3.22. The lowest BCUT2D eigenvalue weighted by Gasteiger charge is -2.01. The highest BCUT2D eigenvalue weighted by Gasteiger charge is 2.05. The maximum absolute atomic E-state index is 11.5. The molecule has 15 heavy (non-hydrogen) atoms. The standard InChI is InChI=1S/C11H14N2O2/c1-9(14)12-8-4-6-11(15)10-5-2-3-7-13-10/h2-3,5,7H,4,6,8H2,1H3,(H,12,14). The van der Waals surface area contributed by atoms with Crippen LogP contribution in [-0.2, 0) is 4.79 Å². The van der Waals surface area contributed by atoms with Crippen molar-refractivity contribution in [1.29, 1.82) is 0 Å². The SMILES string of the molecule is CC(=O)NCCCC(=O)c1ccccn1. The van der Waals surface area contributed by atoms with E-state index >= 15 is 0 Å². The Labute approximate surface area is 88.7 Å². The van der Waals surface area contributed by atoms with E-state index in [1.807, 2.05) is 0 Å². The lowest BCUT2D eigenvalue weighted by atomic mass is 10.1. The number of Topliss-reactive ketones (excluding diaryl/α,β-unsaturated/α-hetero) is 1. The topological polar surface area (TPSA) is 59.1 Å². The van der Waals surface area contributed by atoms with Crippen LogP contribution in [0, 0.1) is 0 Å². The van der Waals surface area contributed by atoms with Crippen molar-refractivity contribution in [2.45, 2.75) is 19.8 Å². The monoisotopic (exact) mass is 206 g/mol. The van der Waals surface area contributed by atoms with E-state index in [-0.39, 0.29) is 11.7 Å². The van der Waals surface area contributed by atoms with E-state index in [1.165, 1.54) is 6.92 Å². The molecular formula is C11H14N2O2. The van der Waals surface area contributed by atoms with Crippen molar-refractivity contribution in [2.24, 2.45) is 0 Å². The summed E-state index contributed by atoms with van der Waals surface area (Å²) in [6, 6.07) is 5.25. The zero-order chi connectivity index (χ0) is 11.1. The quantitative estimate of drug-likeness (QED) is 0.581. The summed E-state index contributed by atoms with van der Waals surface area (Å²) >= 11 is 0. The van der Waals surface area contributed by atoms with Gasteiger partial charge in [0.2, 0.25) is 5.91 Å². The van der Waals surface area contributed by atoms with Gasteiger partial charge in [-0.1, -0.05) is 6.07 Å². The molecule has 0 aromatic carbocycles. The van der Waals surface area contributed by atoms with Gasteiger partial charge >= 0.3 is 0 Å². The summed E-state index contributed by atoms with van der Waals surface area (Å²) in [4.78, 5) is 26.0. The number of rotatable bonds is 5. The second-order valence-corrected chi connectivity index (χ2v) is 3.22. The van der Waals surface area contributed by atoms with Gasteiger partial charge in [0.25, 0.3) is 0 Å². The molecule has 0 radical (unpaired) electrons. The highest BCUT2D eigenvalue weighted by Crippen LogP contribution is 2.00. The number of ketones is 1. The molecule has 0 aliphatic rings. The fraction of sp³-hybridized carbons (Fsp3) is 0.364. The van der Waals surface area contributed by atoms with E-state index in [4.69, 9.17) is 0 Å². The molecule has 0 spiro atoms. The normalized spacial score (nSPS) is 9.67. The summed E-state index contributed by atoms with van der Waals surface area (Å²) < 4.78 is 0. The molecule has 0 saturated heterocycles. The van der Waals surface area contributed by atoms with Crippen molar-refractivity contribution >= 4 is 11.7 Å². The fourth-order valence-electron chi connectivity index (χ4n) is 1.17. The minimum Gasteiger partial charge on any atom is -0.356 e. The van der Waals surface area contributed by atoms with E-state index in [1.54, 1.807) is 24.4 Å². The zero-order valence-electron chi connectivity index (χ0n) is 8.69. The summed E-state index contributed by atoms with van der Waals surface area (Å²) in [6.07, 6.45) is 2.66. The maximum atomic E-state index is 11.5. The Balaban J connectivity index is 2.28. The lowest BCUT2D eigenvalue weighted by Crippen LogP contribution is -2.21. The first-order valence-electron chi connectivity index (χ1n) is 4.89. The van der Waals surface area contributed by atoms with Crippen LogP contribution in [0.4, 0.5) is 0 Å². The van der Waals surface area contributed by atoms with Crippen LogP contribution in [0.15, 0.2) is 24.4 Å². The van der Waals surface area contributed by atoms with Crippen LogP contribution in [0.1, 0.15) is 30.3 Å². The van der Waals surface area contributed by atoms with E-state index in [2.05, 4.69) is 10.3 Å². The molecule has 0 aliphatic carbocycles. The Bertz CT molecular complexity index is 336. The van der Waals surface area contributed by atoms with Crippen LogP contribution in [-0.4, -0.2) is 23.2 Å². The first kappa shape index (κ1) is 11.4. The number of amides is 1. The molecule has 0 fully saturated rings. The number of aromatic nitrogens is 1. The Morgan fingerprint density at radius 3 is 2.80 bits per heavy atom. The first-order valence-corrected chi connectivity index (χ1v) is 4.89. The van der Waals surface area contributed by atoms with Crippen molar-refractivity contribution in [3.05, 3.63) is 30.1 Å². The van der Waals surface area contributed by atoms with Crippen molar-refractivity contribution in [3.63, 3.8) is 0 Å². The number of hydrogen-bond acceptors (Lipinski definition) is 3. The van der Waals surface area contributed by atoms with Gasteiger partial charge in [-0.3, -0.25) is 14.6 Å². The molecule has 1 rings (SSSR count). The molecule has 1 aromatic heterocycles. The van der Waals surface area contributed by atoms with Crippen LogP contribution in [0.3, 0.4) is 0 Å². The highest BCUT2D eigenvalue weighted by atomic mass is 16.1. The molecule has 0 bridgehead atoms. The predicted molar refractivity (Wildman–Crippen MR) is 56.5 cm³/mol. The molecule has 0 atom stereocenters. The summed E-state index contributed by atoms with van der Waals surface area (Å²) in [6.45, 7) is 1.99. The molecule has 0 unspecified atom stereocenters. The van der Waals surface area contributed by atoms with Crippen LogP contribution in [0.5, 0.6) is 0 Å². The van der Waals surface area contributed by atoms with E-state index < -0.39 is 0 Å². The number of nitrogens with one attached hydrogen (secondary N) is 1. The summed E-state index contributed by atoms with van der Waals surface area (Å²) in [5.74, 6) is -0.0544. The molecular weight excluding hydrogens is 192 g/mol. The minimum absolute atomic E-state index is 0.0148. The van der Waals surface area contributed by atoms with Crippen molar-refractivity contribution in [2.75, 3.05) is 6.54 Å². The van der Waals surface area contributed by atoms with E-state index in [0.717, 1.165) is 0 Å². The molecule has 0 aliphatic heterocycles. The van der Waals surface area contributed by atoms with Crippen LogP contribution in [0.2, 0.25) is 0 Å². The van der Waals surface area contributed by atoms with Gasteiger partial charge < -0.3 is 5.32 Å². The Kier molecular flexibility index (Phi) is 4.47. The molecule has 1 aromatic rings. The smallest absolute Gasteiger partial charge is 0.216 e. The van der Waals surface area contributed by atoms with Crippen molar-refractivity contribution in [1.82, 2.24) is 10.3 Å².